The van der Waals surface area contributed by atoms with Gasteiger partial charge >= 0.3 is 12.1 Å². The number of carbonyl (C=O) groups is 2. The summed E-state index contributed by atoms with van der Waals surface area (Å²) >= 11 is 0. The van der Waals surface area contributed by atoms with Gasteiger partial charge in [0.05, 0.1) is 42.3 Å². The number of hydrogen-bond acceptors (Lipinski definition) is 11. The summed E-state index contributed by atoms with van der Waals surface area (Å²) < 4.78 is 59.1. The number of primary amides is 1. The average molecular weight is 730 g/mol. The summed E-state index contributed by atoms with van der Waals surface area (Å²) in [7, 11) is -4.08. The second kappa shape index (κ2) is 14.6. The number of esters is 1. The standard InChI is InChI=1S/C38H39N3O10S/c1-25-13-15-30(16-14-25)52(44,45)41-33-19-40-32-17-29(21-47-24-46-20-27-9-5-3-6-10-27)18-34(48-22-28-11-7-4-8-12-28)35(32)31(23-49-37(39)43)38(51-40,36(33)41)50-26(2)42/h3-18,31,33,36H,19-24H2,1-2H3,(H2,39,43)/t31-,33-,36-,38-,41?/m0/s1. The predicted molar refractivity (Wildman–Crippen MR) is 187 cm³/mol. The highest BCUT2D eigenvalue weighted by Gasteiger charge is 2.76. The third-order valence-corrected chi connectivity index (χ3v) is 11.2. The third-order valence-electron chi connectivity index (χ3n) is 9.25. The van der Waals surface area contributed by atoms with E-state index in [-0.39, 0.29) is 31.4 Å². The quantitative estimate of drug-likeness (QED) is 0.0815. The van der Waals surface area contributed by atoms with E-state index < -0.39 is 52.5 Å². The Morgan fingerprint density at radius 2 is 1.52 bits per heavy atom. The smallest absolute Gasteiger partial charge is 0.404 e. The Morgan fingerprint density at radius 3 is 2.15 bits per heavy atom. The number of nitrogens with two attached hydrogens (primary N) is 1. The second-order valence-corrected chi connectivity index (χ2v) is 14.8. The number of sulfonamides is 1. The van der Waals surface area contributed by atoms with E-state index in [9.17, 15) is 18.0 Å². The van der Waals surface area contributed by atoms with Crippen LogP contribution in [0.5, 0.6) is 5.75 Å². The molecule has 2 N–H and O–H groups in total. The van der Waals surface area contributed by atoms with Crippen molar-refractivity contribution >= 4 is 27.8 Å². The minimum atomic E-state index is -4.08. The molecule has 1 unspecified atom stereocenters. The first-order valence-corrected chi connectivity index (χ1v) is 18.2. The van der Waals surface area contributed by atoms with Gasteiger partial charge in [0, 0.05) is 12.5 Å². The van der Waals surface area contributed by atoms with Gasteiger partial charge in [-0.25, -0.2) is 23.1 Å². The lowest BCUT2D eigenvalue weighted by Gasteiger charge is -2.49. The van der Waals surface area contributed by atoms with Gasteiger partial charge in [-0.3, -0.25) is 4.79 Å². The minimum absolute atomic E-state index is 0.0205. The molecule has 2 bridgehead atoms. The number of aryl methyl sites for hydroxylation is 1. The van der Waals surface area contributed by atoms with Crippen LogP contribution in [-0.2, 0) is 58.4 Å². The number of rotatable bonds is 14. The van der Waals surface area contributed by atoms with Crippen molar-refractivity contribution in [2.45, 2.75) is 62.4 Å². The SMILES string of the molecule is CC(=O)O[C@@]12ON(C[C@H]3[C@@H]1N3S(=O)(=O)c1ccc(C)cc1)c1cc(COCOCc3ccccc3)cc(OCc3ccccc3)c1[C@@H]2COC(N)=O. The van der Waals surface area contributed by atoms with E-state index in [0.29, 0.717) is 29.2 Å². The van der Waals surface area contributed by atoms with Crippen molar-refractivity contribution < 1.29 is 46.5 Å². The van der Waals surface area contributed by atoms with Gasteiger partial charge in [-0.15, -0.1) is 0 Å². The summed E-state index contributed by atoms with van der Waals surface area (Å²) in [6.07, 6.45) is -1.07. The highest BCUT2D eigenvalue weighted by Crippen LogP contribution is 2.60. The van der Waals surface area contributed by atoms with Crippen molar-refractivity contribution in [1.29, 1.82) is 0 Å². The lowest BCUT2D eigenvalue weighted by atomic mass is 9.82. The minimum Gasteiger partial charge on any atom is -0.489 e. The number of fused-ring (bicyclic) bond motifs is 6. The largest absolute Gasteiger partial charge is 0.489 e. The molecule has 272 valence electrons. The molecule has 13 nitrogen and oxygen atoms in total. The Labute approximate surface area is 301 Å². The Bertz CT molecular complexity index is 2030. The van der Waals surface area contributed by atoms with Crippen LogP contribution < -0.4 is 15.5 Å². The van der Waals surface area contributed by atoms with E-state index in [1.165, 1.54) is 28.4 Å². The van der Waals surface area contributed by atoms with Gasteiger partial charge in [-0.2, -0.15) is 4.31 Å². The number of anilines is 1. The molecule has 52 heavy (non-hydrogen) atoms. The van der Waals surface area contributed by atoms with E-state index in [1.807, 2.05) is 73.7 Å². The molecular weight excluding hydrogens is 690 g/mol. The molecule has 0 radical (unpaired) electrons. The number of ether oxygens (including phenoxy) is 5. The van der Waals surface area contributed by atoms with E-state index in [1.54, 1.807) is 18.2 Å². The predicted octanol–water partition coefficient (Wildman–Crippen LogP) is 4.91. The first kappa shape index (κ1) is 35.4. The van der Waals surface area contributed by atoms with Crippen molar-refractivity contribution in [1.82, 2.24) is 4.31 Å². The van der Waals surface area contributed by atoms with Crippen LogP contribution in [0.1, 0.15) is 40.7 Å². The molecule has 4 aromatic rings. The van der Waals surface area contributed by atoms with Crippen molar-refractivity contribution in [2.75, 3.05) is 25.0 Å². The molecule has 3 aliphatic heterocycles. The average Bonchev–Trinajstić information content (AvgIpc) is 3.88. The van der Waals surface area contributed by atoms with Crippen LogP contribution in [0.4, 0.5) is 10.5 Å². The maximum atomic E-state index is 14.1. The molecule has 0 spiro atoms. The number of hydrogen-bond donors (Lipinski definition) is 1. The molecule has 2 fully saturated rings. The van der Waals surface area contributed by atoms with Crippen molar-refractivity contribution in [3.63, 3.8) is 0 Å². The maximum Gasteiger partial charge on any atom is 0.404 e. The molecule has 5 atom stereocenters. The summed E-state index contributed by atoms with van der Waals surface area (Å²) in [4.78, 5) is 31.5. The number of carbonyl (C=O) groups excluding carboxylic acids is 2. The van der Waals surface area contributed by atoms with Gasteiger partial charge in [-0.1, -0.05) is 78.4 Å². The van der Waals surface area contributed by atoms with Gasteiger partial charge in [0.1, 0.15) is 31.8 Å². The summed E-state index contributed by atoms with van der Waals surface area (Å²) in [6.45, 7) is 3.48. The fraction of sp³-hybridized carbons (Fsp3) is 0.316. The Kier molecular flexibility index (Phi) is 9.92. The van der Waals surface area contributed by atoms with Crippen LogP contribution in [0.25, 0.3) is 0 Å². The van der Waals surface area contributed by atoms with Crippen molar-refractivity contribution in [3.8, 4) is 5.75 Å². The molecule has 0 aromatic heterocycles. The third kappa shape index (κ3) is 7.07. The monoisotopic (exact) mass is 729 g/mol. The molecule has 0 saturated carbocycles. The van der Waals surface area contributed by atoms with E-state index >= 15 is 0 Å². The molecule has 7 rings (SSSR count). The normalized spacial score (nSPS) is 22.8. The first-order valence-electron chi connectivity index (χ1n) is 16.8. The summed E-state index contributed by atoms with van der Waals surface area (Å²) in [5.41, 5.74) is 9.95. The van der Waals surface area contributed by atoms with Gasteiger partial charge < -0.3 is 29.4 Å². The number of benzene rings is 4. The summed E-state index contributed by atoms with van der Waals surface area (Å²) in [6, 6.07) is 27.8. The fourth-order valence-electron chi connectivity index (χ4n) is 6.95. The highest BCUT2D eigenvalue weighted by molar-refractivity contribution is 7.89. The molecule has 3 aliphatic rings. The Hall–Kier alpha value is -4.99. The Balaban J connectivity index is 1.27. The van der Waals surface area contributed by atoms with E-state index in [2.05, 4.69) is 0 Å². The second-order valence-electron chi connectivity index (χ2n) is 12.9. The van der Waals surface area contributed by atoms with Crippen LogP contribution in [-0.4, -0.2) is 62.6 Å². The molecule has 3 heterocycles. The molecule has 1 amide bonds. The highest BCUT2D eigenvalue weighted by atomic mass is 32.2. The zero-order valence-electron chi connectivity index (χ0n) is 28.7. The fourth-order valence-corrected chi connectivity index (χ4v) is 8.74. The summed E-state index contributed by atoms with van der Waals surface area (Å²) in [5, 5.41) is 1.52. The van der Waals surface area contributed by atoms with Crippen LogP contribution in [0, 0.1) is 6.92 Å². The zero-order chi connectivity index (χ0) is 36.5. The van der Waals surface area contributed by atoms with Crippen molar-refractivity contribution in [2.24, 2.45) is 5.73 Å². The Morgan fingerprint density at radius 1 is 0.885 bits per heavy atom. The van der Waals surface area contributed by atoms with Gasteiger partial charge in [0.15, 0.2) is 0 Å². The first-order chi connectivity index (χ1) is 25.1. The summed E-state index contributed by atoms with van der Waals surface area (Å²) in [5.74, 6) is -3.35. The number of hydroxylamine groups is 1. The molecule has 0 aliphatic carbocycles. The van der Waals surface area contributed by atoms with Crippen LogP contribution >= 0.6 is 0 Å². The number of nitrogens with zero attached hydrogens (tertiary/aromatic N) is 2. The molecule has 4 aromatic carbocycles. The van der Waals surface area contributed by atoms with Crippen LogP contribution in [0.2, 0.25) is 0 Å². The lowest BCUT2D eigenvalue weighted by Crippen LogP contribution is -2.61. The molecule has 14 heteroatoms. The van der Waals surface area contributed by atoms with Crippen LogP contribution in [0.3, 0.4) is 0 Å². The van der Waals surface area contributed by atoms with Crippen LogP contribution in [0.15, 0.2) is 102 Å². The van der Waals surface area contributed by atoms with E-state index in [0.717, 1.165) is 16.7 Å². The number of amides is 1. The van der Waals surface area contributed by atoms with E-state index in [4.69, 9.17) is 34.3 Å². The van der Waals surface area contributed by atoms with Gasteiger partial charge in [-0.05, 0) is 47.9 Å². The molecular formula is C38H39N3O10S. The topological polar surface area (TPSA) is 156 Å². The van der Waals surface area contributed by atoms with Gasteiger partial charge in [0.25, 0.3) is 5.79 Å². The van der Waals surface area contributed by atoms with Gasteiger partial charge in [0.2, 0.25) is 10.0 Å². The maximum absolute atomic E-state index is 14.1. The molecule has 2 saturated heterocycles. The lowest BCUT2D eigenvalue weighted by molar-refractivity contribution is -0.264. The van der Waals surface area contributed by atoms with Crippen molar-refractivity contribution in [3.05, 3.63) is 125 Å². The zero-order valence-corrected chi connectivity index (χ0v) is 29.5.